The molecule has 0 atom stereocenters. The van der Waals surface area contributed by atoms with Gasteiger partial charge in [0.2, 0.25) is 0 Å². The largest absolute Gasteiger partial charge is 0.508 e. The Labute approximate surface area is 97.0 Å². The molecule has 0 unspecified atom stereocenters. The number of hydrogen-bond donors (Lipinski definition) is 0. The fraction of sp³-hybridized carbons (Fsp3) is 0.909. The molecule has 96 valence electrons. The van der Waals surface area contributed by atoms with Crippen LogP contribution in [0.25, 0.3) is 0 Å². The molecule has 0 aliphatic heterocycles. The topological polar surface area (TPSA) is 54.0 Å². The fourth-order valence-electron chi connectivity index (χ4n) is 1.05. The summed E-state index contributed by atoms with van der Waals surface area (Å²) >= 11 is 0. The van der Waals surface area contributed by atoms with E-state index in [2.05, 4.69) is 0 Å². The predicted octanol–water partition coefficient (Wildman–Crippen LogP) is 1.99. The molecular weight excluding hydrogens is 212 g/mol. The molecule has 0 fully saturated rings. The van der Waals surface area contributed by atoms with E-state index >= 15 is 0 Å². The Morgan fingerprint density at radius 3 is 1.50 bits per heavy atom. The van der Waals surface area contributed by atoms with Gasteiger partial charge in [0, 0.05) is 27.4 Å². The van der Waals surface area contributed by atoms with Crippen LogP contribution in [0, 0.1) is 0 Å². The highest BCUT2D eigenvalue weighted by molar-refractivity contribution is 5.59. The molecule has 0 bridgehead atoms. The third-order valence-electron chi connectivity index (χ3n) is 1.93. The van der Waals surface area contributed by atoms with Gasteiger partial charge in [-0.1, -0.05) is 0 Å². The van der Waals surface area contributed by atoms with E-state index in [-0.39, 0.29) is 0 Å². The summed E-state index contributed by atoms with van der Waals surface area (Å²) in [6.45, 7) is 2.16. The first-order valence-electron chi connectivity index (χ1n) is 5.58. The standard InChI is InChI=1S/C11H22O5/c1-13-7-3-5-9-15-11(12)16-10-6-4-8-14-2/h3-10H2,1-2H3. The lowest BCUT2D eigenvalue weighted by Gasteiger charge is -2.05. The molecule has 0 aliphatic rings. The maximum absolute atomic E-state index is 11.0. The lowest BCUT2D eigenvalue weighted by molar-refractivity contribution is 0.0500. The summed E-state index contributed by atoms with van der Waals surface area (Å²) in [5, 5.41) is 0. The van der Waals surface area contributed by atoms with Gasteiger partial charge in [0.1, 0.15) is 0 Å². The Bertz CT molecular complexity index is 144. The summed E-state index contributed by atoms with van der Waals surface area (Å²) in [5.74, 6) is 0. The number of carbonyl (C=O) groups excluding carboxylic acids is 1. The van der Waals surface area contributed by atoms with E-state index in [9.17, 15) is 4.79 Å². The van der Waals surface area contributed by atoms with Gasteiger partial charge in [0.15, 0.2) is 0 Å². The Morgan fingerprint density at radius 2 is 1.12 bits per heavy atom. The van der Waals surface area contributed by atoms with E-state index in [0.29, 0.717) is 26.4 Å². The van der Waals surface area contributed by atoms with Crippen LogP contribution in [0.1, 0.15) is 25.7 Å². The van der Waals surface area contributed by atoms with E-state index in [1.165, 1.54) is 0 Å². The van der Waals surface area contributed by atoms with Crippen LogP contribution in [0.4, 0.5) is 4.79 Å². The minimum Gasteiger partial charge on any atom is -0.434 e. The summed E-state index contributed by atoms with van der Waals surface area (Å²) in [5.41, 5.74) is 0. The fourth-order valence-corrected chi connectivity index (χ4v) is 1.05. The summed E-state index contributed by atoms with van der Waals surface area (Å²) < 4.78 is 19.4. The number of unbranched alkanes of at least 4 members (excludes halogenated alkanes) is 2. The molecule has 16 heavy (non-hydrogen) atoms. The summed E-state index contributed by atoms with van der Waals surface area (Å²) in [6, 6.07) is 0. The van der Waals surface area contributed by atoms with E-state index in [4.69, 9.17) is 18.9 Å². The first kappa shape index (κ1) is 15.2. The molecule has 0 aromatic carbocycles. The maximum Gasteiger partial charge on any atom is 0.508 e. The second-order valence-corrected chi connectivity index (χ2v) is 3.35. The SMILES string of the molecule is COCCCCOC(=O)OCCCCOC. The van der Waals surface area contributed by atoms with Crippen LogP contribution in [-0.4, -0.2) is 46.8 Å². The molecule has 0 aliphatic carbocycles. The van der Waals surface area contributed by atoms with Crippen LogP contribution in [0.2, 0.25) is 0 Å². The van der Waals surface area contributed by atoms with Gasteiger partial charge in [0.25, 0.3) is 0 Å². The average molecular weight is 234 g/mol. The summed E-state index contributed by atoms with van der Waals surface area (Å²) in [6.07, 6.45) is 2.78. The summed E-state index contributed by atoms with van der Waals surface area (Å²) in [7, 11) is 3.30. The van der Waals surface area contributed by atoms with Crippen molar-refractivity contribution in [1.82, 2.24) is 0 Å². The van der Waals surface area contributed by atoms with Gasteiger partial charge in [-0.25, -0.2) is 4.79 Å². The monoisotopic (exact) mass is 234 g/mol. The number of carbonyl (C=O) groups is 1. The molecular formula is C11H22O5. The van der Waals surface area contributed by atoms with Crippen molar-refractivity contribution in [2.24, 2.45) is 0 Å². The van der Waals surface area contributed by atoms with Gasteiger partial charge in [-0.15, -0.1) is 0 Å². The van der Waals surface area contributed by atoms with Gasteiger partial charge in [-0.3, -0.25) is 0 Å². The van der Waals surface area contributed by atoms with Crippen molar-refractivity contribution in [1.29, 1.82) is 0 Å². The smallest absolute Gasteiger partial charge is 0.434 e. The normalized spacial score (nSPS) is 10.1. The minimum atomic E-state index is -0.588. The van der Waals surface area contributed by atoms with Crippen molar-refractivity contribution in [3.63, 3.8) is 0 Å². The zero-order valence-corrected chi connectivity index (χ0v) is 10.2. The van der Waals surface area contributed by atoms with Crippen LogP contribution in [0.15, 0.2) is 0 Å². The van der Waals surface area contributed by atoms with Crippen LogP contribution >= 0.6 is 0 Å². The number of ether oxygens (including phenoxy) is 4. The molecule has 0 spiro atoms. The Balaban J connectivity index is 3.12. The van der Waals surface area contributed by atoms with Crippen molar-refractivity contribution in [2.75, 3.05) is 40.6 Å². The van der Waals surface area contributed by atoms with Crippen molar-refractivity contribution < 1.29 is 23.7 Å². The van der Waals surface area contributed by atoms with Crippen molar-refractivity contribution >= 4 is 6.16 Å². The third kappa shape index (κ3) is 11.3. The molecule has 5 heteroatoms. The first-order chi connectivity index (χ1) is 7.81. The van der Waals surface area contributed by atoms with E-state index in [0.717, 1.165) is 25.7 Å². The summed E-state index contributed by atoms with van der Waals surface area (Å²) in [4.78, 5) is 11.0. The Kier molecular flexibility index (Phi) is 11.6. The van der Waals surface area contributed by atoms with Crippen molar-refractivity contribution in [2.45, 2.75) is 25.7 Å². The molecule has 0 aromatic rings. The second kappa shape index (κ2) is 12.3. The van der Waals surface area contributed by atoms with Crippen LogP contribution in [0.5, 0.6) is 0 Å². The van der Waals surface area contributed by atoms with E-state index in [1.807, 2.05) is 0 Å². The minimum absolute atomic E-state index is 0.389. The zero-order chi connectivity index (χ0) is 12.1. The highest BCUT2D eigenvalue weighted by Gasteiger charge is 2.02. The zero-order valence-electron chi connectivity index (χ0n) is 10.2. The van der Waals surface area contributed by atoms with E-state index in [1.54, 1.807) is 14.2 Å². The highest BCUT2D eigenvalue weighted by Crippen LogP contribution is 1.95. The maximum atomic E-state index is 11.0. The van der Waals surface area contributed by atoms with Gasteiger partial charge in [-0.2, -0.15) is 0 Å². The first-order valence-corrected chi connectivity index (χ1v) is 5.58. The lowest BCUT2D eigenvalue weighted by atomic mass is 10.3. The Morgan fingerprint density at radius 1 is 0.750 bits per heavy atom. The molecule has 0 heterocycles. The second-order valence-electron chi connectivity index (χ2n) is 3.35. The molecule has 0 radical (unpaired) electrons. The molecule has 0 amide bonds. The molecule has 0 saturated carbocycles. The van der Waals surface area contributed by atoms with Crippen LogP contribution in [0.3, 0.4) is 0 Å². The van der Waals surface area contributed by atoms with Crippen LogP contribution in [-0.2, 0) is 18.9 Å². The molecule has 0 N–H and O–H groups in total. The van der Waals surface area contributed by atoms with Gasteiger partial charge >= 0.3 is 6.16 Å². The van der Waals surface area contributed by atoms with Gasteiger partial charge in [-0.05, 0) is 25.7 Å². The quantitative estimate of drug-likeness (QED) is 0.427. The number of hydrogen-bond acceptors (Lipinski definition) is 5. The average Bonchev–Trinajstić information content (AvgIpc) is 2.28. The molecule has 0 aromatic heterocycles. The predicted molar refractivity (Wildman–Crippen MR) is 59.5 cm³/mol. The van der Waals surface area contributed by atoms with Crippen molar-refractivity contribution in [3.05, 3.63) is 0 Å². The highest BCUT2D eigenvalue weighted by atomic mass is 16.7. The molecule has 0 saturated heterocycles. The number of rotatable bonds is 10. The lowest BCUT2D eigenvalue weighted by Crippen LogP contribution is -2.10. The van der Waals surface area contributed by atoms with Gasteiger partial charge in [0.05, 0.1) is 13.2 Å². The Hall–Kier alpha value is -0.810. The molecule has 0 rings (SSSR count). The molecule has 5 nitrogen and oxygen atoms in total. The van der Waals surface area contributed by atoms with Crippen molar-refractivity contribution in [3.8, 4) is 0 Å². The van der Waals surface area contributed by atoms with E-state index < -0.39 is 6.16 Å². The third-order valence-corrected chi connectivity index (χ3v) is 1.93. The number of methoxy groups -OCH3 is 2. The van der Waals surface area contributed by atoms with Crippen LogP contribution < -0.4 is 0 Å². The van der Waals surface area contributed by atoms with Gasteiger partial charge < -0.3 is 18.9 Å².